The van der Waals surface area contributed by atoms with Crippen molar-refractivity contribution in [2.45, 2.75) is 13.3 Å². The second kappa shape index (κ2) is 7.57. The van der Waals surface area contributed by atoms with E-state index in [0.29, 0.717) is 11.4 Å². The molecule has 1 aromatic heterocycles. The summed E-state index contributed by atoms with van der Waals surface area (Å²) in [5.41, 5.74) is 4.10. The number of hydrogen-bond donors (Lipinski definition) is 2. The number of phenols is 1. The van der Waals surface area contributed by atoms with E-state index in [1.165, 1.54) is 18.2 Å². The predicted octanol–water partition coefficient (Wildman–Crippen LogP) is 4.80. The number of nitrogens with zero attached hydrogens (tertiary/aromatic N) is 3. The number of rotatable bonds is 5. The van der Waals surface area contributed by atoms with Crippen LogP contribution in [0.3, 0.4) is 0 Å². The Morgan fingerprint density at radius 1 is 1.04 bits per heavy atom. The highest BCUT2D eigenvalue weighted by atomic mass is 16.4. The number of hydrogen-bond acceptors (Lipinski definition) is 5. The van der Waals surface area contributed by atoms with Crippen LogP contribution in [0.5, 0.6) is 5.75 Å². The number of azo groups is 1. The molecule has 0 saturated carbocycles. The topological polar surface area (TPSA) is 95.1 Å². The summed E-state index contributed by atoms with van der Waals surface area (Å²) in [7, 11) is 0. The van der Waals surface area contributed by atoms with Crippen LogP contribution in [0.15, 0.2) is 71.0 Å². The number of carboxylic acids is 1. The summed E-state index contributed by atoms with van der Waals surface area (Å²) in [5.74, 6) is -1.51. The average molecular weight is 347 g/mol. The fraction of sp³-hybridized carbons (Fsp3) is 0.100. The van der Waals surface area contributed by atoms with Crippen molar-refractivity contribution in [1.82, 2.24) is 4.98 Å². The molecule has 6 heteroatoms. The van der Waals surface area contributed by atoms with E-state index >= 15 is 0 Å². The van der Waals surface area contributed by atoms with Gasteiger partial charge in [0.1, 0.15) is 11.3 Å². The highest BCUT2D eigenvalue weighted by Crippen LogP contribution is 2.25. The normalized spacial score (nSPS) is 11.0. The quantitative estimate of drug-likeness (QED) is 0.648. The largest absolute Gasteiger partial charge is 0.507 e. The molecule has 26 heavy (non-hydrogen) atoms. The lowest BCUT2D eigenvalue weighted by Gasteiger charge is -2.04. The highest BCUT2D eigenvalue weighted by Gasteiger charge is 2.09. The minimum atomic E-state index is -1.21. The molecule has 0 amide bonds. The molecule has 6 nitrogen and oxygen atoms in total. The monoisotopic (exact) mass is 347 g/mol. The van der Waals surface area contributed by atoms with Gasteiger partial charge in [0.05, 0.1) is 11.4 Å². The lowest BCUT2D eigenvalue weighted by atomic mass is 10.1. The third-order valence-electron chi connectivity index (χ3n) is 3.92. The Kier molecular flexibility index (Phi) is 5.03. The maximum atomic E-state index is 11.0. The zero-order valence-electron chi connectivity index (χ0n) is 14.1. The minimum absolute atomic E-state index is 0.206. The lowest BCUT2D eigenvalue weighted by Crippen LogP contribution is -1.95. The van der Waals surface area contributed by atoms with Crippen LogP contribution < -0.4 is 0 Å². The van der Waals surface area contributed by atoms with Gasteiger partial charge in [-0.25, -0.2) is 4.79 Å². The number of aromatic hydroxyl groups is 1. The van der Waals surface area contributed by atoms with Crippen LogP contribution in [-0.4, -0.2) is 21.2 Å². The van der Waals surface area contributed by atoms with Crippen molar-refractivity contribution in [1.29, 1.82) is 0 Å². The Balaban J connectivity index is 1.73. The van der Waals surface area contributed by atoms with Crippen molar-refractivity contribution in [3.05, 3.63) is 83.2 Å². The van der Waals surface area contributed by atoms with Gasteiger partial charge in [0.25, 0.3) is 0 Å². The zero-order chi connectivity index (χ0) is 18.5. The van der Waals surface area contributed by atoms with Crippen LogP contribution in [0.25, 0.3) is 0 Å². The van der Waals surface area contributed by atoms with Crippen LogP contribution in [0.1, 0.15) is 27.2 Å². The van der Waals surface area contributed by atoms with Gasteiger partial charge in [-0.2, -0.15) is 10.2 Å². The third kappa shape index (κ3) is 4.10. The van der Waals surface area contributed by atoms with E-state index in [1.54, 1.807) is 6.20 Å². The Labute approximate surface area is 150 Å². The Morgan fingerprint density at radius 3 is 2.42 bits per heavy atom. The van der Waals surface area contributed by atoms with Crippen molar-refractivity contribution in [3.63, 3.8) is 0 Å². The number of carboxylic acid groups (broad SMARTS) is 1. The van der Waals surface area contributed by atoms with Gasteiger partial charge in [-0.05, 0) is 54.4 Å². The van der Waals surface area contributed by atoms with E-state index in [4.69, 9.17) is 5.11 Å². The van der Waals surface area contributed by atoms with Crippen LogP contribution in [0.2, 0.25) is 0 Å². The van der Waals surface area contributed by atoms with E-state index in [2.05, 4.69) is 15.2 Å². The van der Waals surface area contributed by atoms with Crippen LogP contribution >= 0.6 is 0 Å². The van der Waals surface area contributed by atoms with Crippen molar-refractivity contribution in [2.75, 3.05) is 0 Å². The zero-order valence-corrected chi connectivity index (χ0v) is 14.1. The molecule has 0 unspecified atom stereocenters. The molecular weight excluding hydrogens is 330 g/mol. The van der Waals surface area contributed by atoms with Gasteiger partial charge in [-0.15, -0.1) is 0 Å². The molecule has 3 aromatic rings. The number of carbonyl (C=O) groups is 1. The average Bonchev–Trinajstić information content (AvgIpc) is 2.64. The molecule has 0 saturated heterocycles. The molecule has 1 heterocycles. The molecule has 0 aliphatic rings. The first-order chi connectivity index (χ1) is 12.5. The van der Waals surface area contributed by atoms with Gasteiger partial charge in [0.2, 0.25) is 0 Å². The first-order valence-corrected chi connectivity index (χ1v) is 8.00. The molecule has 0 aliphatic heterocycles. The van der Waals surface area contributed by atoms with Gasteiger partial charge in [0, 0.05) is 18.3 Å². The van der Waals surface area contributed by atoms with Gasteiger partial charge in [-0.1, -0.05) is 18.2 Å². The standard InChI is InChI=1S/C20H17N3O3/c1-13-3-2-10-21-18(13)11-14-4-6-15(7-5-14)22-23-16-8-9-19(24)17(12-16)20(25)26/h2-10,12,24H,11H2,1H3,(H,25,26). The maximum Gasteiger partial charge on any atom is 0.339 e. The Bertz CT molecular complexity index is 966. The highest BCUT2D eigenvalue weighted by molar-refractivity contribution is 5.91. The smallest absolute Gasteiger partial charge is 0.339 e. The first kappa shape index (κ1) is 17.3. The molecule has 3 rings (SSSR count). The van der Waals surface area contributed by atoms with Gasteiger partial charge < -0.3 is 10.2 Å². The van der Waals surface area contributed by atoms with E-state index < -0.39 is 5.97 Å². The predicted molar refractivity (Wildman–Crippen MR) is 97.5 cm³/mol. The number of aryl methyl sites for hydroxylation is 1. The summed E-state index contributed by atoms with van der Waals surface area (Å²) in [6.07, 6.45) is 2.53. The molecule has 0 spiro atoms. The molecule has 0 aliphatic carbocycles. The van der Waals surface area contributed by atoms with Crippen molar-refractivity contribution in [3.8, 4) is 5.75 Å². The molecule has 0 atom stereocenters. The van der Waals surface area contributed by atoms with Gasteiger partial charge >= 0.3 is 5.97 Å². The van der Waals surface area contributed by atoms with Gasteiger partial charge in [-0.3, -0.25) is 4.98 Å². The SMILES string of the molecule is Cc1cccnc1Cc1ccc(N=Nc2ccc(O)c(C(=O)O)c2)cc1. The Hall–Kier alpha value is -3.54. The summed E-state index contributed by atoms with van der Waals surface area (Å²) in [6.45, 7) is 2.04. The second-order valence-electron chi connectivity index (χ2n) is 5.82. The molecule has 130 valence electrons. The minimum Gasteiger partial charge on any atom is -0.507 e. The van der Waals surface area contributed by atoms with Crippen LogP contribution in [0.4, 0.5) is 11.4 Å². The first-order valence-electron chi connectivity index (χ1n) is 8.00. The summed E-state index contributed by atoms with van der Waals surface area (Å²) in [4.78, 5) is 15.4. The molecule has 0 bridgehead atoms. The number of benzene rings is 2. The molecular formula is C20H17N3O3. The lowest BCUT2D eigenvalue weighted by molar-refractivity contribution is 0.0694. The summed E-state index contributed by atoms with van der Waals surface area (Å²) in [5, 5.41) is 26.6. The van der Waals surface area contributed by atoms with Gasteiger partial charge in [0.15, 0.2) is 0 Å². The van der Waals surface area contributed by atoms with Crippen LogP contribution in [-0.2, 0) is 6.42 Å². The summed E-state index contributed by atoms with van der Waals surface area (Å²) in [6, 6.07) is 15.6. The molecule has 2 N–H and O–H groups in total. The van der Waals surface area contributed by atoms with Crippen molar-refractivity contribution in [2.24, 2.45) is 10.2 Å². The van der Waals surface area contributed by atoms with E-state index in [-0.39, 0.29) is 11.3 Å². The van der Waals surface area contributed by atoms with E-state index in [9.17, 15) is 9.90 Å². The second-order valence-corrected chi connectivity index (χ2v) is 5.82. The fourth-order valence-corrected chi connectivity index (χ4v) is 2.45. The summed E-state index contributed by atoms with van der Waals surface area (Å²) < 4.78 is 0. The van der Waals surface area contributed by atoms with Crippen molar-refractivity contribution < 1.29 is 15.0 Å². The van der Waals surface area contributed by atoms with E-state index in [0.717, 1.165) is 23.2 Å². The van der Waals surface area contributed by atoms with E-state index in [1.807, 2.05) is 43.3 Å². The fourth-order valence-electron chi connectivity index (χ4n) is 2.45. The maximum absolute atomic E-state index is 11.0. The van der Waals surface area contributed by atoms with Crippen LogP contribution in [0, 0.1) is 6.92 Å². The number of aromatic nitrogens is 1. The van der Waals surface area contributed by atoms with Crippen molar-refractivity contribution >= 4 is 17.3 Å². The molecule has 2 aromatic carbocycles. The number of pyridine rings is 1. The molecule has 0 fully saturated rings. The number of aromatic carboxylic acids is 1. The molecule has 0 radical (unpaired) electrons. The third-order valence-corrected chi connectivity index (χ3v) is 3.92. The summed E-state index contributed by atoms with van der Waals surface area (Å²) >= 11 is 0. The Morgan fingerprint density at radius 2 is 1.73 bits per heavy atom.